The minimum atomic E-state index is -0.0736. The van der Waals surface area contributed by atoms with Crippen LogP contribution in [0.1, 0.15) is 23.7 Å². The van der Waals surface area contributed by atoms with Crippen LogP contribution < -0.4 is 5.32 Å². The predicted octanol–water partition coefficient (Wildman–Crippen LogP) is 3.03. The minimum absolute atomic E-state index is 0.0736. The standard InChI is InChI=1S/C13H13ClN2O/c1-2-6-16-13(17)9-3-4-10-11(14)5-7-15-12(10)8-9/h3-5,7-8H,2,6H2,1H3,(H,16,17). The van der Waals surface area contributed by atoms with E-state index >= 15 is 0 Å². The van der Waals surface area contributed by atoms with Gasteiger partial charge in [0.1, 0.15) is 0 Å². The van der Waals surface area contributed by atoms with Crippen LogP contribution in [0.5, 0.6) is 0 Å². The lowest BCUT2D eigenvalue weighted by Gasteiger charge is -2.05. The van der Waals surface area contributed by atoms with Crippen LogP contribution >= 0.6 is 11.6 Å². The highest BCUT2D eigenvalue weighted by Gasteiger charge is 2.07. The Morgan fingerprint density at radius 3 is 3.00 bits per heavy atom. The molecule has 0 aliphatic heterocycles. The summed E-state index contributed by atoms with van der Waals surface area (Å²) in [5.74, 6) is -0.0736. The lowest BCUT2D eigenvalue weighted by atomic mass is 10.1. The van der Waals surface area contributed by atoms with Crippen molar-refractivity contribution in [3.63, 3.8) is 0 Å². The molecule has 88 valence electrons. The normalized spacial score (nSPS) is 10.5. The number of pyridine rings is 1. The first kappa shape index (κ1) is 11.9. The van der Waals surface area contributed by atoms with Gasteiger partial charge in [-0.15, -0.1) is 0 Å². The summed E-state index contributed by atoms with van der Waals surface area (Å²) in [6, 6.07) is 7.08. The zero-order valence-electron chi connectivity index (χ0n) is 9.53. The largest absolute Gasteiger partial charge is 0.352 e. The molecule has 0 fully saturated rings. The molecule has 0 saturated carbocycles. The van der Waals surface area contributed by atoms with Crippen molar-refractivity contribution < 1.29 is 4.79 Å². The van der Waals surface area contributed by atoms with Crippen LogP contribution in [-0.4, -0.2) is 17.4 Å². The van der Waals surface area contributed by atoms with Gasteiger partial charge in [-0.2, -0.15) is 0 Å². The highest BCUT2D eigenvalue weighted by Crippen LogP contribution is 2.22. The van der Waals surface area contributed by atoms with Crippen molar-refractivity contribution in [1.82, 2.24) is 10.3 Å². The maximum absolute atomic E-state index is 11.8. The third-order valence-electron chi connectivity index (χ3n) is 2.49. The van der Waals surface area contributed by atoms with E-state index < -0.39 is 0 Å². The van der Waals surface area contributed by atoms with Gasteiger partial charge in [-0.05, 0) is 24.6 Å². The van der Waals surface area contributed by atoms with E-state index in [1.807, 2.05) is 13.0 Å². The predicted molar refractivity (Wildman–Crippen MR) is 69.4 cm³/mol. The molecule has 1 aromatic carbocycles. The van der Waals surface area contributed by atoms with E-state index in [0.717, 1.165) is 17.3 Å². The molecular weight excluding hydrogens is 236 g/mol. The van der Waals surface area contributed by atoms with Gasteiger partial charge in [0.15, 0.2) is 0 Å². The summed E-state index contributed by atoms with van der Waals surface area (Å²) >= 11 is 6.03. The zero-order chi connectivity index (χ0) is 12.3. The Hall–Kier alpha value is -1.61. The van der Waals surface area contributed by atoms with Crippen molar-refractivity contribution in [2.24, 2.45) is 0 Å². The average Bonchev–Trinajstić information content (AvgIpc) is 2.36. The molecule has 1 amide bonds. The Kier molecular flexibility index (Phi) is 3.59. The third kappa shape index (κ3) is 2.56. The summed E-state index contributed by atoms with van der Waals surface area (Å²) in [6.45, 7) is 2.70. The molecule has 17 heavy (non-hydrogen) atoms. The molecule has 3 nitrogen and oxygen atoms in total. The van der Waals surface area contributed by atoms with Gasteiger partial charge >= 0.3 is 0 Å². The quantitative estimate of drug-likeness (QED) is 0.907. The van der Waals surface area contributed by atoms with Crippen LogP contribution in [0.3, 0.4) is 0 Å². The van der Waals surface area contributed by atoms with Gasteiger partial charge in [0, 0.05) is 23.7 Å². The van der Waals surface area contributed by atoms with E-state index in [0.29, 0.717) is 17.1 Å². The van der Waals surface area contributed by atoms with Crippen LogP contribution in [0.15, 0.2) is 30.5 Å². The summed E-state index contributed by atoms with van der Waals surface area (Å²) in [6.07, 6.45) is 2.56. The molecule has 0 atom stereocenters. The summed E-state index contributed by atoms with van der Waals surface area (Å²) in [4.78, 5) is 16.0. The van der Waals surface area contributed by atoms with Crippen LogP contribution in [0.2, 0.25) is 5.02 Å². The Bertz CT molecular complexity index is 554. The SMILES string of the molecule is CCCNC(=O)c1ccc2c(Cl)ccnc2c1. The van der Waals surface area contributed by atoms with Crippen molar-refractivity contribution in [1.29, 1.82) is 0 Å². The first-order chi connectivity index (χ1) is 8.22. The molecular formula is C13H13ClN2O. The Labute approximate surface area is 105 Å². The number of fused-ring (bicyclic) bond motifs is 1. The van der Waals surface area contributed by atoms with Gasteiger partial charge in [-0.25, -0.2) is 0 Å². The number of aromatic nitrogens is 1. The smallest absolute Gasteiger partial charge is 0.251 e. The van der Waals surface area contributed by atoms with Crippen molar-refractivity contribution in [3.05, 3.63) is 41.0 Å². The highest BCUT2D eigenvalue weighted by atomic mass is 35.5. The number of hydrogen-bond donors (Lipinski definition) is 1. The van der Waals surface area contributed by atoms with Crippen LogP contribution in [0, 0.1) is 0 Å². The molecule has 1 aromatic heterocycles. The van der Waals surface area contributed by atoms with Crippen LogP contribution in [0.4, 0.5) is 0 Å². The molecule has 0 spiro atoms. The van der Waals surface area contributed by atoms with Crippen LogP contribution in [0.25, 0.3) is 10.9 Å². The number of nitrogens with zero attached hydrogens (tertiary/aromatic N) is 1. The molecule has 0 aliphatic carbocycles. The number of halogens is 1. The monoisotopic (exact) mass is 248 g/mol. The molecule has 0 radical (unpaired) electrons. The number of carbonyl (C=O) groups excluding carboxylic acids is 1. The van der Waals surface area contributed by atoms with E-state index in [1.165, 1.54) is 0 Å². The lowest BCUT2D eigenvalue weighted by molar-refractivity contribution is 0.0954. The third-order valence-corrected chi connectivity index (χ3v) is 2.82. The Balaban J connectivity index is 2.35. The average molecular weight is 249 g/mol. The highest BCUT2D eigenvalue weighted by molar-refractivity contribution is 6.35. The van der Waals surface area contributed by atoms with E-state index in [9.17, 15) is 4.79 Å². The van der Waals surface area contributed by atoms with E-state index in [1.54, 1.807) is 24.4 Å². The van der Waals surface area contributed by atoms with Gasteiger partial charge in [-0.3, -0.25) is 9.78 Å². The molecule has 0 aliphatic rings. The molecule has 2 aromatic rings. The number of nitrogens with one attached hydrogen (secondary N) is 1. The summed E-state index contributed by atoms with van der Waals surface area (Å²) in [5, 5.41) is 4.34. The van der Waals surface area contributed by atoms with Gasteiger partial charge in [-0.1, -0.05) is 24.6 Å². The fraction of sp³-hybridized carbons (Fsp3) is 0.231. The fourth-order valence-electron chi connectivity index (χ4n) is 1.60. The Morgan fingerprint density at radius 1 is 1.41 bits per heavy atom. The van der Waals surface area contributed by atoms with Crippen LogP contribution in [-0.2, 0) is 0 Å². The second-order valence-electron chi connectivity index (χ2n) is 3.78. The van der Waals surface area contributed by atoms with Crippen molar-refractivity contribution >= 4 is 28.4 Å². The second-order valence-corrected chi connectivity index (χ2v) is 4.19. The summed E-state index contributed by atoms with van der Waals surface area (Å²) in [5.41, 5.74) is 1.35. The van der Waals surface area contributed by atoms with Crippen molar-refractivity contribution in [2.75, 3.05) is 6.54 Å². The molecule has 1 heterocycles. The maximum Gasteiger partial charge on any atom is 0.251 e. The number of amides is 1. The molecule has 1 N–H and O–H groups in total. The topological polar surface area (TPSA) is 42.0 Å². The second kappa shape index (κ2) is 5.15. The van der Waals surface area contributed by atoms with Gasteiger partial charge in [0.2, 0.25) is 0 Å². The fourth-order valence-corrected chi connectivity index (χ4v) is 1.81. The lowest BCUT2D eigenvalue weighted by Crippen LogP contribution is -2.23. The van der Waals surface area contributed by atoms with E-state index in [2.05, 4.69) is 10.3 Å². The van der Waals surface area contributed by atoms with Crippen molar-refractivity contribution in [2.45, 2.75) is 13.3 Å². The summed E-state index contributed by atoms with van der Waals surface area (Å²) < 4.78 is 0. The van der Waals surface area contributed by atoms with E-state index in [-0.39, 0.29) is 5.91 Å². The number of hydrogen-bond acceptors (Lipinski definition) is 2. The zero-order valence-corrected chi connectivity index (χ0v) is 10.3. The first-order valence-electron chi connectivity index (χ1n) is 5.55. The summed E-state index contributed by atoms with van der Waals surface area (Å²) in [7, 11) is 0. The van der Waals surface area contributed by atoms with Gasteiger partial charge in [0.05, 0.1) is 10.5 Å². The van der Waals surface area contributed by atoms with Gasteiger partial charge < -0.3 is 5.32 Å². The molecule has 2 rings (SSSR count). The first-order valence-corrected chi connectivity index (χ1v) is 5.92. The maximum atomic E-state index is 11.8. The minimum Gasteiger partial charge on any atom is -0.352 e. The molecule has 0 saturated heterocycles. The number of benzene rings is 1. The van der Waals surface area contributed by atoms with Crippen molar-refractivity contribution in [3.8, 4) is 0 Å². The Morgan fingerprint density at radius 2 is 2.24 bits per heavy atom. The molecule has 0 unspecified atom stereocenters. The number of rotatable bonds is 3. The molecule has 0 bridgehead atoms. The van der Waals surface area contributed by atoms with E-state index in [4.69, 9.17) is 11.6 Å². The van der Waals surface area contributed by atoms with Gasteiger partial charge in [0.25, 0.3) is 5.91 Å². The molecule has 4 heteroatoms. The number of carbonyl (C=O) groups is 1.